The minimum Gasteiger partial charge on any atom is -0.456 e. The third-order valence-corrected chi connectivity index (χ3v) is 13.2. The van der Waals surface area contributed by atoms with Crippen LogP contribution >= 0.6 is 0 Å². The van der Waals surface area contributed by atoms with E-state index in [1.54, 1.807) is 24.3 Å². The molecule has 65 heavy (non-hydrogen) atoms. The fraction of sp³-hybridized carbons (Fsp3) is 0.625. The molecule has 358 valence electrons. The predicted octanol–water partition coefficient (Wildman–Crippen LogP) is 16.9. The number of rotatable bonds is 34. The van der Waals surface area contributed by atoms with Crippen LogP contribution in [0.3, 0.4) is 0 Å². The summed E-state index contributed by atoms with van der Waals surface area (Å²) >= 11 is 0. The highest BCUT2D eigenvalue weighted by Crippen LogP contribution is 2.57. The zero-order valence-corrected chi connectivity index (χ0v) is 39.9. The fourth-order valence-corrected chi connectivity index (χ4v) is 9.45. The molecule has 0 unspecified atom stereocenters. The first-order valence-corrected chi connectivity index (χ1v) is 25.9. The number of carbonyl (C=O) groups is 3. The van der Waals surface area contributed by atoms with Gasteiger partial charge in [0.2, 0.25) is 0 Å². The average Bonchev–Trinajstić information content (AvgIpc) is 3.59. The number of carbonyl (C=O) groups excluding carboxylic acids is 3. The molecule has 3 aromatic rings. The SMILES string of the molecule is CCCCCCCCCCCCCCCCCC(=O)Oc1cc2c(cc1F)C1(OC(=O)c3ccccc31)c1cc(F)c(OC(=O)CCCCCCCCCCCCCCCCC)cc1O2. The largest absolute Gasteiger partial charge is 0.456 e. The van der Waals surface area contributed by atoms with Gasteiger partial charge >= 0.3 is 17.9 Å². The predicted molar refractivity (Wildman–Crippen MR) is 255 cm³/mol. The van der Waals surface area contributed by atoms with Gasteiger partial charge in [-0.3, -0.25) is 9.59 Å². The Morgan fingerprint density at radius 1 is 0.477 bits per heavy atom. The Bertz CT molecular complexity index is 1820. The number of halogens is 2. The van der Waals surface area contributed by atoms with Gasteiger partial charge in [-0.25, -0.2) is 13.6 Å². The van der Waals surface area contributed by atoms with Crippen molar-refractivity contribution >= 4 is 17.9 Å². The molecule has 5 rings (SSSR count). The molecule has 0 saturated carbocycles. The average molecular weight is 901 g/mol. The second-order valence-corrected chi connectivity index (χ2v) is 18.6. The number of benzene rings is 3. The molecular formula is C56H78F2O7. The highest BCUT2D eigenvalue weighted by Gasteiger charge is 2.54. The Kier molecular flexibility index (Phi) is 22.8. The maximum atomic E-state index is 15.9. The monoisotopic (exact) mass is 901 g/mol. The Hall–Kier alpha value is -4.27. The van der Waals surface area contributed by atoms with Crippen molar-refractivity contribution in [3.8, 4) is 23.0 Å². The van der Waals surface area contributed by atoms with E-state index in [0.717, 1.165) is 50.7 Å². The zero-order chi connectivity index (χ0) is 46.1. The van der Waals surface area contributed by atoms with E-state index < -0.39 is 35.1 Å². The first-order chi connectivity index (χ1) is 31.8. The van der Waals surface area contributed by atoms with Gasteiger partial charge in [0.25, 0.3) is 0 Å². The van der Waals surface area contributed by atoms with Crippen LogP contribution in [0.15, 0.2) is 48.5 Å². The molecule has 0 N–H and O–H groups in total. The standard InChI is InChI=1S/C56H78F2O7/c1-3-5-7-9-11-13-15-17-19-21-23-25-27-29-31-37-53(59)63-51-41-49-45(39-47(51)57)56(44-36-34-33-35-43(44)55(61)65-56)46-40-48(58)52(42-50(46)62-49)64-54(60)38-32-30-28-26-24-22-20-18-16-14-12-10-8-6-4-2/h33-36,39-42H,3-32,37-38H2,1-2H3. The maximum absolute atomic E-state index is 15.9. The molecule has 0 amide bonds. The van der Waals surface area contributed by atoms with Crippen molar-refractivity contribution in [2.45, 2.75) is 225 Å². The van der Waals surface area contributed by atoms with Crippen molar-refractivity contribution in [2.24, 2.45) is 0 Å². The van der Waals surface area contributed by atoms with Gasteiger partial charge in [-0.15, -0.1) is 0 Å². The smallest absolute Gasteiger partial charge is 0.340 e. The van der Waals surface area contributed by atoms with Gasteiger partial charge in [-0.1, -0.05) is 212 Å². The lowest BCUT2D eigenvalue weighted by Gasteiger charge is -2.36. The van der Waals surface area contributed by atoms with Crippen LogP contribution in [0.25, 0.3) is 0 Å². The van der Waals surface area contributed by atoms with E-state index in [9.17, 15) is 14.4 Å². The summed E-state index contributed by atoms with van der Waals surface area (Å²) in [7, 11) is 0. The van der Waals surface area contributed by atoms with E-state index in [4.69, 9.17) is 18.9 Å². The molecule has 0 saturated heterocycles. The molecule has 3 aromatic carbocycles. The summed E-state index contributed by atoms with van der Waals surface area (Å²) in [6, 6.07) is 11.4. The molecule has 0 bridgehead atoms. The number of ether oxygens (including phenoxy) is 4. The Morgan fingerprint density at radius 2 is 0.815 bits per heavy atom. The van der Waals surface area contributed by atoms with Gasteiger partial charge < -0.3 is 18.9 Å². The minimum absolute atomic E-state index is 0.0554. The molecule has 0 aliphatic carbocycles. The Morgan fingerprint density at radius 3 is 1.18 bits per heavy atom. The van der Waals surface area contributed by atoms with Gasteiger partial charge in [-0.05, 0) is 31.0 Å². The molecular weight excluding hydrogens is 823 g/mol. The number of hydrogen-bond donors (Lipinski definition) is 0. The molecule has 0 atom stereocenters. The van der Waals surface area contributed by atoms with Crippen molar-refractivity contribution in [3.05, 3.63) is 82.4 Å². The highest BCUT2D eigenvalue weighted by atomic mass is 19.1. The molecule has 2 aliphatic rings. The van der Waals surface area contributed by atoms with Crippen LogP contribution in [0, 0.1) is 11.6 Å². The van der Waals surface area contributed by atoms with E-state index in [-0.39, 0.29) is 52.5 Å². The molecule has 1 spiro atoms. The lowest BCUT2D eigenvalue weighted by atomic mass is 9.77. The molecule has 0 radical (unpaired) electrons. The van der Waals surface area contributed by atoms with Gasteiger partial charge in [0, 0.05) is 30.5 Å². The first kappa shape index (κ1) is 51.7. The number of hydrogen-bond acceptors (Lipinski definition) is 7. The van der Waals surface area contributed by atoms with E-state index in [1.165, 1.54) is 153 Å². The minimum atomic E-state index is -1.77. The van der Waals surface area contributed by atoms with Crippen LogP contribution in [0.2, 0.25) is 0 Å². The molecule has 2 heterocycles. The van der Waals surface area contributed by atoms with Gasteiger partial charge in [0.15, 0.2) is 28.7 Å². The summed E-state index contributed by atoms with van der Waals surface area (Å²) in [6.07, 6.45) is 36.5. The highest BCUT2D eigenvalue weighted by molar-refractivity contribution is 5.97. The normalized spacial score (nSPS) is 13.3. The lowest BCUT2D eigenvalue weighted by molar-refractivity contribution is -0.135. The summed E-state index contributed by atoms with van der Waals surface area (Å²) < 4.78 is 55.2. The van der Waals surface area contributed by atoms with E-state index in [0.29, 0.717) is 18.4 Å². The van der Waals surface area contributed by atoms with Crippen molar-refractivity contribution in [2.75, 3.05) is 0 Å². The Labute approximate surface area is 389 Å². The van der Waals surface area contributed by atoms with Crippen LogP contribution in [-0.4, -0.2) is 17.9 Å². The summed E-state index contributed by atoms with van der Waals surface area (Å²) in [5.74, 6) is -4.06. The van der Waals surface area contributed by atoms with E-state index in [1.807, 2.05) is 0 Å². The zero-order valence-electron chi connectivity index (χ0n) is 39.9. The van der Waals surface area contributed by atoms with E-state index in [2.05, 4.69) is 13.8 Å². The molecule has 0 fully saturated rings. The van der Waals surface area contributed by atoms with Crippen LogP contribution < -0.4 is 14.2 Å². The second-order valence-electron chi connectivity index (χ2n) is 18.6. The number of fused-ring (bicyclic) bond motifs is 6. The van der Waals surface area contributed by atoms with Crippen LogP contribution in [0.5, 0.6) is 23.0 Å². The molecule has 7 nitrogen and oxygen atoms in total. The second kappa shape index (κ2) is 28.7. The van der Waals surface area contributed by atoms with Crippen molar-refractivity contribution in [1.29, 1.82) is 0 Å². The summed E-state index contributed by atoms with van der Waals surface area (Å²) in [5.41, 5.74) is -0.929. The van der Waals surface area contributed by atoms with Crippen LogP contribution in [-0.2, 0) is 19.9 Å². The van der Waals surface area contributed by atoms with Crippen LogP contribution in [0.1, 0.15) is 246 Å². The Balaban J connectivity index is 1.10. The van der Waals surface area contributed by atoms with Gasteiger partial charge in [0.05, 0.1) is 16.7 Å². The van der Waals surface area contributed by atoms with E-state index >= 15 is 8.78 Å². The fourth-order valence-electron chi connectivity index (χ4n) is 9.45. The lowest BCUT2D eigenvalue weighted by Crippen LogP contribution is -2.33. The molecule has 9 heteroatoms. The quantitative estimate of drug-likeness (QED) is 0.0335. The summed E-state index contributed by atoms with van der Waals surface area (Å²) in [6.45, 7) is 4.50. The van der Waals surface area contributed by atoms with Crippen molar-refractivity contribution < 1.29 is 42.1 Å². The number of esters is 3. The summed E-state index contributed by atoms with van der Waals surface area (Å²) in [5, 5.41) is 0. The molecule has 2 aliphatic heterocycles. The third kappa shape index (κ3) is 15.9. The first-order valence-electron chi connectivity index (χ1n) is 25.9. The topological polar surface area (TPSA) is 88.1 Å². The number of unbranched alkanes of at least 4 members (excludes halogenated alkanes) is 28. The van der Waals surface area contributed by atoms with Gasteiger partial charge in [-0.2, -0.15) is 0 Å². The molecule has 0 aromatic heterocycles. The summed E-state index contributed by atoms with van der Waals surface area (Å²) in [4.78, 5) is 39.2. The maximum Gasteiger partial charge on any atom is 0.340 e. The van der Waals surface area contributed by atoms with Crippen molar-refractivity contribution in [3.63, 3.8) is 0 Å². The third-order valence-electron chi connectivity index (χ3n) is 13.2. The van der Waals surface area contributed by atoms with Crippen LogP contribution in [0.4, 0.5) is 8.78 Å². The van der Waals surface area contributed by atoms with Gasteiger partial charge in [0.1, 0.15) is 11.5 Å². The van der Waals surface area contributed by atoms with Crippen molar-refractivity contribution in [1.82, 2.24) is 0 Å².